The Labute approximate surface area is 147 Å². The van der Waals surface area contributed by atoms with E-state index >= 15 is 0 Å². The quantitative estimate of drug-likeness (QED) is 0.683. The predicted octanol–water partition coefficient (Wildman–Crippen LogP) is 1.50. The number of carbonyl (C=O) groups is 3. The maximum Gasteiger partial charge on any atom is 0.347 e. The second-order valence-corrected chi connectivity index (χ2v) is 6.25. The molecule has 0 aliphatic carbocycles. The summed E-state index contributed by atoms with van der Waals surface area (Å²) in [5.74, 6) is -1.90. The van der Waals surface area contributed by atoms with Crippen molar-refractivity contribution < 1.29 is 24.2 Å². The van der Waals surface area contributed by atoms with Gasteiger partial charge in [-0.15, -0.1) is 11.3 Å². The van der Waals surface area contributed by atoms with Gasteiger partial charge in [0, 0.05) is 0 Å². The zero-order valence-electron chi connectivity index (χ0n) is 13.6. The summed E-state index contributed by atoms with van der Waals surface area (Å²) in [5, 5.41) is 12.3. The van der Waals surface area contributed by atoms with Gasteiger partial charge in [-0.05, 0) is 26.0 Å². The first kappa shape index (κ1) is 18.4. The van der Waals surface area contributed by atoms with Gasteiger partial charge >= 0.3 is 5.97 Å². The first-order valence-corrected chi connectivity index (χ1v) is 8.13. The average molecular weight is 363 g/mol. The van der Waals surface area contributed by atoms with Crippen molar-refractivity contribution in [1.29, 1.82) is 0 Å². The van der Waals surface area contributed by atoms with Gasteiger partial charge in [-0.25, -0.2) is 9.78 Å². The van der Waals surface area contributed by atoms with Crippen LogP contribution in [0.4, 0.5) is 0 Å². The highest BCUT2D eigenvalue weighted by Gasteiger charge is 2.21. The van der Waals surface area contributed by atoms with Crippen LogP contribution in [0.1, 0.15) is 43.7 Å². The number of rotatable bonds is 7. The molecule has 0 fully saturated rings. The van der Waals surface area contributed by atoms with Crippen LogP contribution in [0.5, 0.6) is 5.75 Å². The number of thiazole rings is 1. The first-order valence-electron chi connectivity index (χ1n) is 7.31. The third-order valence-corrected chi connectivity index (χ3v) is 4.56. The lowest BCUT2D eigenvalue weighted by atomic mass is 10.1. The number of amides is 2. The Hall–Kier alpha value is -2.94. The van der Waals surface area contributed by atoms with E-state index in [1.807, 2.05) is 0 Å². The van der Waals surface area contributed by atoms with Crippen molar-refractivity contribution >= 4 is 29.1 Å². The molecule has 0 spiro atoms. The number of carbonyl (C=O) groups excluding carboxylic acids is 2. The number of carboxylic acid groups (broad SMARTS) is 1. The second kappa shape index (κ2) is 7.75. The molecule has 2 rings (SSSR count). The monoisotopic (exact) mass is 363 g/mol. The number of aromatic carboxylic acids is 1. The largest absolute Gasteiger partial charge is 0.483 e. The molecule has 25 heavy (non-hydrogen) atoms. The number of aromatic nitrogens is 1. The third-order valence-electron chi connectivity index (χ3n) is 3.23. The standard InChI is InChI=1S/C16H17N3O5S/c1-8-13(16(22)23)25-15(19-8)9(2)18-14(21)10-5-3-4-6-11(10)24-7-12(17)20/h3-6,9H,7H2,1-2H3,(H2,17,20)(H,18,21)(H,22,23). The topological polar surface area (TPSA) is 132 Å². The van der Waals surface area contributed by atoms with Crippen LogP contribution in [0.25, 0.3) is 0 Å². The first-order chi connectivity index (χ1) is 11.8. The summed E-state index contributed by atoms with van der Waals surface area (Å²) in [6.07, 6.45) is 0. The molecule has 1 atom stereocenters. The number of aryl methyl sites for hydroxylation is 1. The molecular formula is C16H17N3O5S. The smallest absolute Gasteiger partial charge is 0.347 e. The summed E-state index contributed by atoms with van der Waals surface area (Å²) in [7, 11) is 0. The summed E-state index contributed by atoms with van der Waals surface area (Å²) in [6.45, 7) is 2.97. The third kappa shape index (κ3) is 4.54. The van der Waals surface area contributed by atoms with E-state index < -0.39 is 23.8 Å². The number of para-hydroxylation sites is 1. The molecule has 4 N–H and O–H groups in total. The number of nitrogens with zero attached hydrogens (tertiary/aromatic N) is 1. The molecule has 1 unspecified atom stereocenters. The molecule has 2 aromatic rings. The van der Waals surface area contributed by atoms with Crippen molar-refractivity contribution in [3.63, 3.8) is 0 Å². The number of nitrogens with two attached hydrogens (primary N) is 1. The number of hydrogen-bond donors (Lipinski definition) is 3. The van der Waals surface area contributed by atoms with Crippen LogP contribution in [0.3, 0.4) is 0 Å². The summed E-state index contributed by atoms with van der Waals surface area (Å²) in [4.78, 5) is 38.8. The Morgan fingerprint density at radius 1 is 1.36 bits per heavy atom. The Morgan fingerprint density at radius 2 is 2.04 bits per heavy atom. The van der Waals surface area contributed by atoms with Crippen LogP contribution in [-0.2, 0) is 4.79 Å². The normalized spacial score (nSPS) is 11.6. The van der Waals surface area contributed by atoms with Crippen LogP contribution in [0.15, 0.2) is 24.3 Å². The fraction of sp³-hybridized carbons (Fsp3) is 0.250. The van der Waals surface area contributed by atoms with Crippen molar-refractivity contribution in [2.75, 3.05) is 6.61 Å². The van der Waals surface area contributed by atoms with E-state index in [9.17, 15) is 14.4 Å². The lowest BCUT2D eigenvalue weighted by molar-refractivity contribution is -0.119. The average Bonchev–Trinajstić information content (AvgIpc) is 2.95. The zero-order chi connectivity index (χ0) is 18.6. The van der Waals surface area contributed by atoms with E-state index in [0.717, 1.165) is 11.3 Å². The molecule has 8 nitrogen and oxygen atoms in total. The van der Waals surface area contributed by atoms with Crippen LogP contribution in [-0.4, -0.2) is 34.5 Å². The second-order valence-electron chi connectivity index (χ2n) is 5.22. The van der Waals surface area contributed by atoms with E-state index in [4.69, 9.17) is 15.6 Å². The van der Waals surface area contributed by atoms with E-state index in [1.165, 1.54) is 0 Å². The van der Waals surface area contributed by atoms with Gasteiger partial charge in [0.25, 0.3) is 11.8 Å². The fourth-order valence-electron chi connectivity index (χ4n) is 2.07. The lowest BCUT2D eigenvalue weighted by Gasteiger charge is -2.14. The van der Waals surface area contributed by atoms with Crippen molar-refractivity contribution in [2.45, 2.75) is 19.9 Å². The molecule has 1 aromatic heterocycles. The maximum atomic E-state index is 12.5. The summed E-state index contributed by atoms with van der Waals surface area (Å²) in [6, 6.07) is 5.94. The van der Waals surface area contributed by atoms with Crippen LogP contribution >= 0.6 is 11.3 Å². The number of primary amides is 1. The molecule has 0 saturated carbocycles. The number of nitrogens with one attached hydrogen (secondary N) is 1. The Balaban J connectivity index is 2.15. The number of benzene rings is 1. The molecule has 0 bridgehead atoms. The Bertz CT molecular complexity index is 818. The molecule has 132 valence electrons. The van der Waals surface area contributed by atoms with E-state index in [2.05, 4.69) is 10.3 Å². The summed E-state index contributed by atoms with van der Waals surface area (Å²) in [5.41, 5.74) is 5.68. The van der Waals surface area contributed by atoms with Gasteiger partial charge in [0.15, 0.2) is 6.61 Å². The Kier molecular flexibility index (Phi) is 5.71. The highest BCUT2D eigenvalue weighted by Crippen LogP contribution is 2.25. The Morgan fingerprint density at radius 3 is 2.64 bits per heavy atom. The fourth-order valence-corrected chi connectivity index (χ4v) is 2.97. The number of ether oxygens (including phenoxy) is 1. The minimum absolute atomic E-state index is 0.140. The van der Waals surface area contributed by atoms with Gasteiger partial charge < -0.3 is 20.9 Å². The van der Waals surface area contributed by atoms with Crippen LogP contribution in [0, 0.1) is 6.92 Å². The molecule has 1 heterocycles. The predicted molar refractivity (Wildman–Crippen MR) is 90.8 cm³/mol. The molecular weight excluding hydrogens is 346 g/mol. The maximum absolute atomic E-state index is 12.5. The van der Waals surface area contributed by atoms with Gasteiger partial charge in [0.1, 0.15) is 15.6 Å². The van der Waals surface area contributed by atoms with Crippen molar-refractivity contribution in [1.82, 2.24) is 10.3 Å². The van der Waals surface area contributed by atoms with Crippen LogP contribution in [0.2, 0.25) is 0 Å². The van der Waals surface area contributed by atoms with Gasteiger partial charge in [0.2, 0.25) is 0 Å². The molecule has 9 heteroatoms. The van der Waals surface area contributed by atoms with E-state index in [0.29, 0.717) is 10.7 Å². The number of hydrogen-bond acceptors (Lipinski definition) is 6. The van der Waals surface area contributed by atoms with Gasteiger partial charge in [-0.3, -0.25) is 9.59 Å². The molecule has 2 amide bonds. The molecule has 0 aliphatic rings. The van der Waals surface area contributed by atoms with Gasteiger partial charge in [-0.2, -0.15) is 0 Å². The van der Waals surface area contributed by atoms with E-state index in [1.54, 1.807) is 38.1 Å². The molecule has 0 aliphatic heterocycles. The molecule has 1 aromatic carbocycles. The van der Waals surface area contributed by atoms with Crippen LogP contribution < -0.4 is 15.8 Å². The minimum Gasteiger partial charge on any atom is -0.483 e. The zero-order valence-corrected chi connectivity index (χ0v) is 14.4. The minimum atomic E-state index is -1.05. The molecule has 0 radical (unpaired) electrons. The van der Waals surface area contributed by atoms with Crippen molar-refractivity contribution in [3.05, 3.63) is 45.4 Å². The van der Waals surface area contributed by atoms with Crippen molar-refractivity contribution in [3.8, 4) is 5.75 Å². The highest BCUT2D eigenvalue weighted by atomic mass is 32.1. The SMILES string of the molecule is Cc1nc(C(C)NC(=O)c2ccccc2OCC(N)=O)sc1C(=O)O. The lowest BCUT2D eigenvalue weighted by Crippen LogP contribution is -2.27. The van der Waals surface area contributed by atoms with Crippen molar-refractivity contribution in [2.24, 2.45) is 5.73 Å². The van der Waals surface area contributed by atoms with Gasteiger partial charge in [-0.1, -0.05) is 12.1 Å². The highest BCUT2D eigenvalue weighted by molar-refractivity contribution is 7.13. The summed E-state index contributed by atoms with van der Waals surface area (Å²) >= 11 is 1.01. The van der Waals surface area contributed by atoms with Gasteiger partial charge in [0.05, 0.1) is 17.3 Å². The van der Waals surface area contributed by atoms with E-state index in [-0.39, 0.29) is 22.8 Å². The number of carboxylic acids is 1. The molecule has 0 saturated heterocycles. The summed E-state index contributed by atoms with van der Waals surface area (Å²) < 4.78 is 5.24.